The van der Waals surface area contributed by atoms with E-state index in [0.29, 0.717) is 5.56 Å². The minimum absolute atomic E-state index is 0.0574. The summed E-state index contributed by atoms with van der Waals surface area (Å²) >= 11 is 0. The van der Waals surface area contributed by atoms with Crippen LogP contribution in [0.3, 0.4) is 0 Å². The third-order valence-electron chi connectivity index (χ3n) is 1.66. The topological polar surface area (TPSA) is 90.4 Å². The Balaban J connectivity index is 2.71. The highest BCUT2D eigenvalue weighted by molar-refractivity contribution is 5.87. The van der Waals surface area contributed by atoms with Crippen molar-refractivity contribution in [1.82, 2.24) is 4.98 Å². The highest BCUT2D eigenvalue weighted by Gasteiger charge is 2.11. The summed E-state index contributed by atoms with van der Waals surface area (Å²) in [5, 5.41) is 17.0. The smallest absolute Gasteiger partial charge is 0.352 e. The third-order valence-corrected chi connectivity index (χ3v) is 1.66. The van der Waals surface area contributed by atoms with Gasteiger partial charge in [0, 0.05) is 12.6 Å². The highest BCUT2D eigenvalue weighted by atomic mass is 16.4. The van der Waals surface area contributed by atoms with Gasteiger partial charge in [0.1, 0.15) is 5.69 Å². The van der Waals surface area contributed by atoms with E-state index in [1.165, 1.54) is 6.20 Å². The van der Waals surface area contributed by atoms with Crippen LogP contribution < -0.4 is 0 Å². The molecule has 1 aromatic rings. The molecule has 0 radical (unpaired) electrons. The summed E-state index contributed by atoms with van der Waals surface area (Å²) in [5.41, 5.74) is 0.594. The van der Waals surface area contributed by atoms with Crippen LogP contribution in [0.2, 0.25) is 0 Å². The lowest BCUT2D eigenvalue weighted by Crippen LogP contribution is -2.03. The monoisotopic (exact) mass is 183 g/mol. The van der Waals surface area contributed by atoms with Gasteiger partial charge in [0.25, 0.3) is 0 Å². The standard InChI is InChI=1S/C8H9NO4/c10-6(11)2-1-5-3-4-9-7(5)8(12)13/h3-4,9H,1-2H2,(H,10,11)(H,12,13). The van der Waals surface area contributed by atoms with Crippen molar-refractivity contribution < 1.29 is 19.8 Å². The lowest BCUT2D eigenvalue weighted by Gasteiger charge is -1.96. The maximum atomic E-state index is 10.5. The molecule has 13 heavy (non-hydrogen) atoms. The first kappa shape index (κ1) is 9.31. The van der Waals surface area contributed by atoms with Crippen LogP contribution >= 0.6 is 0 Å². The molecule has 0 aromatic carbocycles. The largest absolute Gasteiger partial charge is 0.481 e. The lowest BCUT2D eigenvalue weighted by molar-refractivity contribution is -0.136. The van der Waals surface area contributed by atoms with Crippen LogP contribution in [0.5, 0.6) is 0 Å². The van der Waals surface area contributed by atoms with E-state index in [1.807, 2.05) is 0 Å². The number of rotatable bonds is 4. The van der Waals surface area contributed by atoms with Gasteiger partial charge >= 0.3 is 11.9 Å². The molecule has 0 unspecified atom stereocenters. The Labute approximate surface area is 74.0 Å². The Morgan fingerprint density at radius 2 is 2.08 bits per heavy atom. The number of aryl methyl sites for hydroxylation is 1. The summed E-state index contributed by atoms with van der Waals surface area (Å²) in [6.45, 7) is 0. The van der Waals surface area contributed by atoms with Crippen LogP contribution in [0.4, 0.5) is 0 Å². The number of aromatic amines is 1. The van der Waals surface area contributed by atoms with Gasteiger partial charge in [0.2, 0.25) is 0 Å². The first-order valence-electron chi connectivity index (χ1n) is 3.72. The molecule has 1 rings (SSSR count). The summed E-state index contributed by atoms with van der Waals surface area (Å²) < 4.78 is 0. The number of nitrogens with one attached hydrogen (secondary N) is 1. The highest BCUT2D eigenvalue weighted by Crippen LogP contribution is 2.09. The second-order valence-corrected chi connectivity index (χ2v) is 2.58. The molecule has 70 valence electrons. The normalized spacial score (nSPS) is 9.85. The second-order valence-electron chi connectivity index (χ2n) is 2.58. The number of carboxylic acid groups (broad SMARTS) is 2. The number of aliphatic carboxylic acids is 1. The maximum absolute atomic E-state index is 10.5. The SMILES string of the molecule is O=C(O)CCc1cc[nH]c1C(=O)O. The molecule has 0 atom stereocenters. The fourth-order valence-electron chi connectivity index (χ4n) is 1.05. The number of aromatic carboxylic acids is 1. The van der Waals surface area contributed by atoms with Gasteiger partial charge < -0.3 is 15.2 Å². The summed E-state index contributed by atoms with van der Waals surface area (Å²) in [5.74, 6) is -2.00. The number of hydrogen-bond donors (Lipinski definition) is 3. The van der Waals surface area contributed by atoms with E-state index in [2.05, 4.69) is 4.98 Å². The third kappa shape index (κ3) is 2.33. The first-order chi connectivity index (χ1) is 6.11. The summed E-state index contributed by atoms with van der Waals surface area (Å²) in [6.07, 6.45) is 1.67. The number of carboxylic acids is 2. The molecule has 0 saturated carbocycles. The average Bonchev–Trinajstić information content (AvgIpc) is 2.47. The molecule has 0 fully saturated rings. The fraction of sp³-hybridized carbons (Fsp3) is 0.250. The van der Waals surface area contributed by atoms with E-state index in [1.54, 1.807) is 6.07 Å². The van der Waals surface area contributed by atoms with Gasteiger partial charge in [0.05, 0.1) is 0 Å². The number of H-pyrrole nitrogens is 1. The predicted molar refractivity (Wildman–Crippen MR) is 43.7 cm³/mol. The molecule has 0 amide bonds. The minimum atomic E-state index is -1.06. The van der Waals surface area contributed by atoms with Gasteiger partial charge in [-0.15, -0.1) is 0 Å². The zero-order valence-corrected chi connectivity index (χ0v) is 6.78. The molecule has 1 heterocycles. The maximum Gasteiger partial charge on any atom is 0.352 e. The molecule has 3 N–H and O–H groups in total. The van der Waals surface area contributed by atoms with Crippen LogP contribution in [0.25, 0.3) is 0 Å². The van der Waals surface area contributed by atoms with Gasteiger partial charge in [-0.05, 0) is 18.1 Å². The van der Waals surface area contributed by atoms with E-state index >= 15 is 0 Å². The number of carbonyl (C=O) groups is 2. The first-order valence-corrected chi connectivity index (χ1v) is 3.72. The van der Waals surface area contributed by atoms with Crippen molar-refractivity contribution >= 4 is 11.9 Å². The van der Waals surface area contributed by atoms with Gasteiger partial charge in [-0.25, -0.2) is 4.79 Å². The predicted octanol–water partition coefficient (Wildman–Crippen LogP) is 0.730. The van der Waals surface area contributed by atoms with Gasteiger partial charge in [0.15, 0.2) is 0 Å². The van der Waals surface area contributed by atoms with Crippen LogP contribution in [0.15, 0.2) is 12.3 Å². The van der Waals surface area contributed by atoms with Crippen molar-refractivity contribution in [3.63, 3.8) is 0 Å². The molecule has 0 aliphatic heterocycles. The van der Waals surface area contributed by atoms with Crippen molar-refractivity contribution in [2.45, 2.75) is 12.8 Å². The van der Waals surface area contributed by atoms with Crippen LogP contribution in [0, 0.1) is 0 Å². The molecule has 5 nitrogen and oxygen atoms in total. The second kappa shape index (κ2) is 3.75. The molecule has 0 aliphatic carbocycles. The van der Waals surface area contributed by atoms with Crippen molar-refractivity contribution in [1.29, 1.82) is 0 Å². The van der Waals surface area contributed by atoms with E-state index in [-0.39, 0.29) is 18.5 Å². The minimum Gasteiger partial charge on any atom is -0.481 e. The molecule has 0 aliphatic rings. The number of aromatic nitrogens is 1. The van der Waals surface area contributed by atoms with Crippen LogP contribution in [-0.2, 0) is 11.2 Å². The van der Waals surface area contributed by atoms with E-state index in [9.17, 15) is 9.59 Å². The summed E-state index contributed by atoms with van der Waals surface area (Å²) in [6, 6.07) is 1.58. The zero-order valence-electron chi connectivity index (χ0n) is 6.78. The van der Waals surface area contributed by atoms with Crippen molar-refractivity contribution in [2.24, 2.45) is 0 Å². The zero-order chi connectivity index (χ0) is 9.84. The molecule has 0 bridgehead atoms. The van der Waals surface area contributed by atoms with Crippen molar-refractivity contribution in [2.75, 3.05) is 0 Å². The van der Waals surface area contributed by atoms with E-state index in [0.717, 1.165) is 0 Å². The Morgan fingerprint density at radius 3 is 2.62 bits per heavy atom. The molecular formula is C8H9NO4. The quantitative estimate of drug-likeness (QED) is 0.641. The van der Waals surface area contributed by atoms with Crippen molar-refractivity contribution in [3.8, 4) is 0 Å². The molecule has 1 aromatic heterocycles. The molecular weight excluding hydrogens is 174 g/mol. The van der Waals surface area contributed by atoms with E-state index in [4.69, 9.17) is 10.2 Å². The molecule has 0 saturated heterocycles. The van der Waals surface area contributed by atoms with Gasteiger partial charge in [-0.1, -0.05) is 0 Å². The summed E-state index contributed by atoms with van der Waals surface area (Å²) in [4.78, 5) is 23.3. The Bertz CT molecular complexity index is 329. The fourth-order valence-corrected chi connectivity index (χ4v) is 1.05. The van der Waals surface area contributed by atoms with Crippen molar-refractivity contribution in [3.05, 3.63) is 23.5 Å². The Kier molecular flexibility index (Phi) is 2.69. The molecule has 0 spiro atoms. The summed E-state index contributed by atoms with van der Waals surface area (Å²) in [7, 11) is 0. The molecule has 5 heteroatoms. The number of hydrogen-bond acceptors (Lipinski definition) is 2. The lowest BCUT2D eigenvalue weighted by atomic mass is 10.1. The van der Waals surface area contributed by atoms with Gasteiger partial charge in [-0.3, -0.25) is 4.79 Å². The van der Waals surface area contributed by atoms with Crippen LogP contribution in [-0.4, -0.2) is 27.1 Å². The van der Waals surface area contributed by atoms with E-state index < -0.39 is 11.9 Å². The average molecular weight is 183 g/mol. The Morgan fingerprint density at radius 1 is 1.38 bits per heavy atom. The van der Waals surface area contributed by atoms with Gasteiger partial charge in [-0.2, -0.15) is 0 Å². The Hall–Kier alpha value is -1.78. The van der Waals surface area contributed by atoms with Crippen LogP contribution in [0.1, 0.15) is 22.5 Å².